The van der Waals surface area contributed by atoms with Crippen LogP contribution in [0.1, 0.15) is 40.5 Å². The molecule has 2 aliphatic heterocycles. The van der Waals surface area contributed by atoms with Crippen LogP contribution >= 0.6 is 0 Å². The Morgan fingerprint density at radius 1 is 1.32 bits per heavy atom. The van der Waals surface area contributed by atoms with Gasteiger partial charge in [-0.3, -0.25) is 4.79 Å². The van der Waals surface area contributed by atoms with E-state index in [4.69, 9.17) is 9.47 Å². The number of amides is 1. The van der Waals surface area contributed by atoms with Crippen molar-refractivity contribution < 1.29 is 19.1 Å². The number of hydrogen-bond donors (Lipinski definition) is 1. The molecule has 0 saturated carbocycles. The van der Waals surface area contributed by atoms with Crippen molar-refractivity contribution in [2.45, 2.75) is 46.1 Å². The molecule has 1 N–H and O–H groups in total. The molecule has 6 nitrogen and oxygen atoms in total. The maximum Gasteiger partial charge on any atom is 0.410 e. The maximum atomic E-state index is 12.5. The Balaban J connectivity index is 2.07. The van der Waals surface area contributed by atoms with Crippen molar-refractivity contribution >= 4 is 12.1 Å². The SMILES string of the molecule is CCOC(=O)[C@]12CCN(C(=O)OC(C)(C)C)CC[C@H]1CNC2. The standard InChI is InChI=1S/C16H28N2O4/c1-5-21-13(19)16-7-9-18(14(20)22-15(2,3)4)8-6-12(16)10-17-11-16/h12,17H,5-11H2,1-4H3/t12-,16-/m0/s1. The van der Waals surface area contributed by atoms with E-state index < -0.39 is 11.0 Å². The van der Waals surface area contributed by atoms with Gasteiger partial charge in [0, 0.05) is 19.6 Å². The number of hydrogen-bond acceptors (Lipinski definition) is 5. The van der Waals surface area contributed by atoms with Crippen LogP contribution < -0.4 is 5.32 Å². The number of nitrogens with one attached hydrogen (secondary N) is 1. The first-order chi connectivity index (χ1) is 10.3. The lowest BCUT2D eigenvalue weighted by Gasteiger charge is -2.30. The average molecular weight is 312 g/mol. The fourth-order valence-electron chi connectivity index (χ4n) is 3.36. The molecule has 0 aromatic rings. The third-order valence-corrected chi connectivity index (χ3v) is 4.52. The van der Waals surface area contributed by atoms with Crippen LogP contribution in [0.2, 0.25) is 0 Å². The van der Waals surface area contributed by atoms with E-state index in [9.17, 15) is 9.59 Å². The minimum absolute atomic E-state index is 0.129. The summed E-state index contributed by atoms with van der Waals surface area (Å²) < 4.78 is 10.8. The monoisotopic (exact) mass is 312 g/mol. The molecular weight excluding hydrogens is 284 g/mol. The highest BCUT2D eigenvalue weighted by atomic mass is 16.6. The van der Waals surface area contributed by atoms with Crippen LogP contribution in [-0.2, 0) is 14.3 Å². The van der Waals surface area contributed by atoms with Gasteiger partial charge in [0.2, 0.25) is 0 Å². The number of rotatable bonds is 2. The molecule has 0 bridgehead atoms. The molecule has 0 unspecified atom stereocenters. The van der Waals surface area contributed by atoms with E-state index in [2.05, 4.69) is 5.32 Å². The van der Waals surface area contributed by atoms with E-state index in [-0.39, 0.29) is 18.0 Å². The second-order valence-corrected chi connectivity index (χ2v) is 7.21. The lowest BCUT2D eigenvalue weighted by Crippen LogP contribution is -2.41. The average Bonchev–Trinajstić information content (AvgIpc) is 2.72. The minimum Gasteiger partial charge on any atom is -0.466 e. The lowest BCUT2D eigenvalue weighted by molar-refractivity contribution is -0.157. The van der Waals surface area contributed by atoms with Crippen LogP contribution in [0, 0.1) is 11.3 Å². The molecule has 6 heteroatoms. The predicted molar refractivity (Wildman–Crippen MR) is 82.5 cm³/mol. The van der Waals surface area contributed by atoms with Crippen LogP contribution in [0.25, 0.3) is 0 Å². The molecular formula is C16H28N2O4. The molecule has 2 aliphatic rings. The van der Waals surface area contributed by atoms with E-state index in [0.29, 0.717) is 32.7 Å². The summed E-state index contributed by atoms with van der Waals surface area (Å²) in [6.45, 7) is 10.4. The number of esters is 1. The molecule has 2 saturated heterocycles. The van der Waals surface area contributed by atoms with Crippen LogP contribution in [0.15, 0.2) is 0 Å². The maximum absolute atomic E-state index is 12.5. The van der Waals surface area contributed by atoms with E-state index in [1.807, 2.05) is 27.7 Å². The van der Waals surface area contributed by atoms with Gasteiger partial charge >= 0.3 is 12.1 Å². The normalized spacial score (nSPS) is 28.7. The summed E-state index contributed by atoms with van der Waals surface area (Å²) in [7, 11) is 0. The fourth-order valence-corrected chi connectivity index (χ4v) is 3.36. The van der Waals surface area contributed by atoms with Crippen molar-refractivity contribution in [1.29, 1.82) is 0 Å². The Kier molecular flexibility index (Phi) is 5.00. The molecule has 2 fully saturated rings. The third kappa shape index (κ3) is 3.54. The Morgan fingerprint density at radius 2 is 2.05 bits per heavy atom. The molecule has 2 atom stereocenters. The summed E-state index contributed by atoms with van der Waals surface area (Å²) in [6, 6.07) is 0. The summed E-state index contributed by atoms with van der Waals surface area (Å²) in [5.74, 6) is 0.0926. The summed E-state index contributed by atoms with van der Waals surface area (Å²) >= 11 is 0. The first-order valence-electron chi connectivity index (χ1n) is 8.14. The quantitative estimate of drug-likeness (QED) is 0.787. The van der Waals surface area contributed by atoms with Crippen molar-refractivity contribution in [1.82, 2.24) is 10.2 Å². The van der Waals surface area contributed by atoms with Gasteiger partial charge in [-0.1, -0.05) is 0 Å². The molecule has 0 radical (unpaired) electrons. The summed E-state index contributed by atoms with van der Waals surface area (Å²) in [6.07, 6.45) is 1.13. The number of ether oxygens (including phenoxy) is 2. The molecule has 0 aliphatic carbocycles. The molecule has 126 valence electrons. The zero-order valence-corrected chi connectivity index (χ0v) is 14.1. The zero-order valence-electron chi connectivity index (χ0n) is 14.1. The van der Waals surface area contributed by atoms with Crippen molar-refractivity contribution in [3.63, 3.8) is 0 Å². The van der Waals surface area contributed by atoms with E-state index in [0.717, 1.165) is 13.0 Å². The Hall–Kier alpha value is -1.30. The van der Waals surface area contributed by atoms with Gasteiger partial charge in [-0.05, 0) is 53.0 Å². The van der Waals surface area contributed by atoms with E-state index >= 15 is 0 Å². The highest BCUT2D eigenvalue weighted by Gasteiger charge is 2.51. The van der Waals surface area contributed by atoms with E-state index in [1.54, 1.807) is 4.90 Å². The third-order valence-electron chi connectivity index (χ3n) is 4.52. The Morgan fingerprint density at radius 3 is 2.68 bits per heavy atom. The predicted octanol–water partition coefficient (Wildman–Crippen LogP) is 1.79. The van der Waals surface area contributed by atoms with Crippen molar-refractivity contribution in [3.05, 3.63) is 0 Å². The number of likely N-dealkylation sites (tertiary alicyclic amines) is 1. The zero-order chi connectivity index (χ0) is 16.4. The first kappa shape index (κ1) is 17.1. The van der Waals surface area contributed by atoms with E-state index in [1.165, 1.54) is 0 Å². The highest BCUT2D eigenvalue weighted by Crippen LogP contribution is 2.41. The van der Waals surface area contributed by atoms with Crippen molar-refractivity contribution in [2.24, 2.45) is 11.3 Å². The second-order valence-electron chi connectivity index (χ2n) is 7.21. The van der Waals surface area contributed by atoms with Crippen molar-refractivity contribution in [2.75, 3.05) is 32.8 Å². The van der Waals surface area contributed by atoms with Gasteiger partial charge < -0.3 is 19.7 Å². The van der Waals surface area contributed by atoms with Crippen molar-refractivity contribution in [3.8, 4) is 0 Å². The number of nitrogens with zero attached hydrogens (tertiary/aromatic N) is 1. The minimum atomic E-state index is -0.500. The Labute approximate surface area is 132 Å². The lowest BCUT2D eigenvalue weighted by atomic mass is 9.74. The topological polar surface area (TPSA) is 67.9 Å². The Bertz CT molecular complexity index is 432. The van der Waals surface area contributed by atoms with Crippen LogP contribution in [-0.4, -0.2) is 55.3 Å². The summed E-state index contributed by atoms with van der Waals surface area (Å²) in [5.41, 5.74) is -0.994. The van der Waals surface area contributed by atoms with Crippen LogP contribution in [0.4, 0.5) is 4.79 Å². The molecule has 1 amide bonds. The highest BCUT2D eigenvalue weighted by molar-refractivity contribution is 5.78. The van der Waals surface area contributed by atoms with Gasteiger partial charge in [0.1, 0.15) is 5.60 Å². The largest absolute Gasteiger partial charge is 0.466 e. The molecule has 2 heterocycles. The van der Waals surface area contributed by atoms with Gasteiger partial charge in [-0.15, -0.1) is 0 Å². The number of fused-ring (bicyclic) bond motifs is 1. The molecule has 0 spiro atoms. The van der Waals surface area contributed by atoms with Crippen LogP contribution in [0.3, 0.4) is 0 Å². The number of carbonyl (C=O) groups is 2. The fraction of sp³-hybridized carbons (Fsp3) is 0.875. The van der Waals surface area contributed by atoms with Gasteiger partial charge in [-0.25, -0.2) is 4.79 Å². The van der Waals surface area contributed by atoms with Gasteiger partial charge in [-0.2, -0.15) is 0 Å². The van der Waals surface area contributed by atoms with Gasteiger partial charge in [0.05, 0.1) is 12.0 Å². The van der Waals surface area contributed by atoms with Gasteiger partial charge in [0.25, 0.3) is 0 Å². The molecule has 2 rings (SSSR count). The molecule has 0 aromatic carbocycles. The number of carbonyl (C=O) groups excluding carboxylic acids is 2. The first-order valence-corrected chi connectivity index (χ1v) is 8.14. The van der Waals surface area contributed by atoms with Crippen LogP contribution in [0.5, 0.6) is 0 Å². The molecule has 22 heavy (non-hydrogen) atoms. The second kappa shape index (κ2) is 6.44. The summed E-state index contributed by atoms with van der Waals surface area (Å²) in [5, 5.41) is 3.32. The molecule has 0 aromatic heterocycles. The van der Waals surface area contributed by atoms with Gasteiger partial charge in [0.15, 0.2) is 0 Å². The summed E-state index contributed by atoms with van der Waals surface area (Å²) in [4.78, 5) is 26.4. The smallest absolute Gasteiger partial charge is 0.410 e.